The maximum Gasteiger partial charge on any atom is 0.175 e. The van der Waals surface area contributed by atoms with Crippen molar-refractivity contribution in [1.29, 1.82) is 0 Å². The molecule has 0 spiro atoms. The molecule has 6 heteroatoms. The van der Waals surface area contributed by atoms with E-state index in [0.717, 1.165) is 5.56 Å². The number of benzene rings is 1. The van der Waals surface area contributed by atoms with Crippen LogP contribution < -0.4 is 0 Å². The Morgan fingerprint density at radius 3 is 2.65 bits per heavy atom. The first-order valence-corrected chi connectivity index (χ1v) is 7.82. The van der Waals surface area contributed by atoms with E-state index >= 15 is 0 Å². The van der Waals surface area contributed by atoms with Crippen LogP contribution >= 0.6 is 0 Å². The Morgan fingerprint density at radius 1 is 1.20 bits per heavy atom. The zero-order valence-electron chi connectivity index (χ0n) is 10.7. The van der Waals surface area contributed by atoms with Crippen molar-refractivity contribution in [1.82, 2.24) is 9.97 Å². The van der Waals surface area contributed by atoms with Crippen molar-refractivity contribution in [2.45, 2.75) is 4.90 Å². The summed E-state index contributed by atoms with van der Waals surface area (Å²) < 4.78 is 28.8. The van der Waals surface area contributed by atoms with Crippen molar-refractivity contribution in [2.24, 2.45) is 0 Å². The van der Waals surface area contributed by atoms with Gasteiger partial charge in [0.1, 0.15) is 11.6 Å². The number of aromatic nitrogens is 2. The molecule has 0 unspecified atom stereocenters. The lowest BCUT2D eigenvalue weighted by Gasteiger charge is -2.07. The molecular weight excluding hydrogens is 276 g/mol. The standard InChI is InChI=1S/C14H12N2O3S/c1-20(17,18)10-4-5-11(13-3-2-8-19-13)12(9-10)14-15-6-7-16-14/h2-9H,1H3,(H,15,16). The fourth-order valence-corrected chi connectivity index (χ4v) is 2.66. The number of nitrogens with one attached hydrogen (secondary N) is 1. The summed E-state index contributed by atoms with van der Waals surface area (Å²) >= 11 is 0. The number of furan rings is 1. The molecule has 0 amide bonds. The molecule has 1 aromatic carbocycles. The van der Waals surface area contributed by atoms with Crippen LogP contribution in [0.15, 0.2) is 58.3 Å². The van der Waals surface area contributed by atoms with Gasteiger partial charge in [-0.3, -0.25) is 0 Å². The molecule has 3 rings (SSSR count). The van der Waals surface area contributed by atoms with E-state index in [4.69, 9.17) is 4.42 Å². The van der Waals surface area contributed by atoms with E-state index in [9.17, 15) is 8.42 Å². The van der Waals surface area contributed by atoms with Crippen LogP contribution in [0.4, 0.5) is 0 Å². The molecule has 0 saturated heterocycles. The van der Waals surface area contributed by atoms with Crippen LogP contribution in [-0.4, -0.2) is 24.6 Å². The molecule has 102 valence electrons. The molecule has 5 nitrogen and oxygen atoms in total. The first-order valence-electron chi connectivity index (χ1n) is 5.93. The summed E-state index contributed by atoms with van der Waals surface area (Å²) in [6.45, 7) is 0. The fourth-order valence-electron chi connectivity index (χ4n) is 2.01. The van der Waals surface area contributed by atoms with Gasteiger partial charge in [0, 0.05) is 29.8 Å². The van der Waals surface area contributed by atoms with Crippen molar-refractivity contribution in [3.63, 3.8) is 0 Å². The predicted molar refractivity (Wildman–Crippen MR) is 74.8 cm³/mol. The zero-order chi connectivity index (χ0) is 14.2. The summed E-state index contributed by atoms with van der Waals surface area (Å²) in [4.78, 5) is 7.42. The third-order valence-corrected chi connectivity index (χ3v) is 4.07. The number of aromatic amines is 1. The van der Waals surface area contributed by atoms with Gasteiger partial charge in [0.05, 0.1) is 11.2 Å². The van der Waals surface area contributed by atoms with Gasteiger partial charge in [0.25, 0.3) is 0 Å². The molecule has 0 fully saturated rings. The monoisotopic (exact) mass is 288 g/mol. The maximum absolute atomic E-state index is 11.7. The molecule has 0 atom stereocenters. The number of H-pyrrole nitrogens is 1. The minimum absolute atomic E-state index is 0.249. The molecule has 3 aromatic rings. The number of sulfone groups is 1. The quantitative estimate of drug-likeness (QED) is 0.804. The second-order valence-electron chi connectivity index (χ2n) is 4.39. The van der Waals surface area contributed by atoms with Gasteiger partial charge >= 0.3 is 0 Å². The Bertz CT molecular complexity index is 819. The van der Waals surface area contributed by atoms with Crippen molar-refractivity contribution in [3.8, 4) is 22.7 Å². The fraction of sp³-hybridized carbons (Fsp3) is 0.0714. The molecule has 2 aromatic heterocycles. The van der Waals surface area contributed by atoms with Crippen LogP contribution in [0, 0.1) is 0 Å². The predicted octanol–water partition coefficient (Wildman–Crippen LogP) is 2.74. The highest BCUT2D eigenvalue weighted by Gasteiger charge is 2.16. The van der Waals surface area contributed by atoms with E-state index in [1.54, 1.807) is 42.9 Å². The third kappa shape index (κ3) is 2.25. The number of hydrogen-bond acceptors (Lipinski definition) is 4. The second kappa shape index (κ2) is 4.64. The van der Waals surface area contributed by atoms with E-state index in [2.05, 4.69) is 9.97 Å². The summed E-state index contributed by atoms with van der Waals surface area (Å²) in [5.41, 5.74) is 1.48. The lowest BCUT2D eigenvalue weighted by Crippen LogP contribution is -1.98. The number of rotatable bonds is 3. The van der Waals surface area contributed by atoms with Gasteiger partial charge in [0.2, 0.25) is 0 Å². The highest BCUT2D eigenvalue weighted by Crippen LogP contribution is 2.32. The van der Waals surface area contributed by atoms with Gasteiger partial charge in [-0.2, -0.15) is 0 Å². The van der Waals surface area contributed by atoms with Crippen molar-refractivity contribution in [3.05, 3.63) is 49.0 Å². The van der Waals surface area contributed by atoms with Crippen LogP contribution in [0.1, 0.15) is 0 Å². The summed E-state index contributed by atoms with van der Waals surface area (Å²) in [6, 6.07) is 8.51. The van der Waals surface area contributed by atoms with Gasteiger partial charge in [-0.05, 0) is 30.3 Å². The lowest BCUT2D eigenvalue weighted by molar-refractivity contribution is 0.582. The highest BCUT2D eigenvalue weighted by molar-refractivity contribution is 7.90. The van der Waals surface area contributed by atoms with Crippen LogP contribution in [0.5, 0.6) is 0 Å². The van der Waals surface area contributed by atoms with E-state index in [-0.39, 0.29) is 4.90 Å². The summed E-state index contributed by atoms with van der Waals surface area (Å²) in [5.74, 6) is 1.26. The van der Waals surface area contributed by atoms with Gasteiger partial charge in [-0.25, -0.2) is 13.4 Å². The van der Waals surface area contributed by atoms with Crippen molar-refractivity contribution < 1.29 is 12.8 Å². The number of hydrogen-bond donors (Lipinski definition) is 1. The van der Waals surface area contributed by atoms with Crippen LogP contribution in [0.3, 0.4) is 0 Å². The Balaban J connectivity index is 2.26. The smallest absolute Gasteiger partial charge is 0.175 e. The molecule has 0 saturated carbocycles. The molecule has 1 N–H and O–H groups in total. The maximum atomic E-state index is 11.7. The summed E-state index contributed by atoms with van der Waals surface area (Å²) in [6.07, 6.45) is 6.06. The Labute approximate surface area is 116 Å². The van der Waals surface area contributed by atoms with Crippen LogP contribution in [0.25, 0.3) is 22.7 Å². The molecule has 0 bridgehead atoms. The average molecular weight is 288 g/mol. The normalized spacial score (nSPS) is 11.7. The molecule has 0 aliphatic rings. The Hall–Kier alpha value is -2.34. The molecule has 20 heavy (non-hydrogen) atoms. The number of imidazole rings is 1. The van der Waals surface area contributed by atoms with E-state index in [0.29, 0.717) is 17.1 Å². The highest BCUT2D eigenvalue weighted by atomic mass is 32.2. The van der Waals surface area contributed by atoms with Crippen LogP contribution in [-0.2, 0) is 9.84 Å². The third-order valence-electron chi connectivity index (χ3n) is 2.96. The molecular formula is C14H12N2O3S. The van der Waals surface area contributed by atoms with Gasteiger partial charge in [0.15, 0.2) is 9.84 Å². The largest absolute Gasteiger partial charge is 0.464 e. The zero-order valence-corrected chi connectivity index (χ0v) is 11.5. The van der Waals surface area contributed by atoms with Gasteiger partial charge in [-0.15, -0.1) is 0 Å². The Morgan fingerprint density at radius 2 is 2.05 bits per heavy atom. The van der Waals surface area contributed by atoms with Gasteiger partial charge in [-0.1, -0.05) is 0 Å². The molecule has 2 heterocycles. The summed E-state index contributed by atoms with van der Waals surface area (Å²) in [5, 5.41) is 0. The minimum atomic E-state index is -3.27. The first-order chi connectivity index (χ1) is 9.55. The minimum Gasteiger partial charge on any atom is -0.464 e. The SMILES string of the molecule is CS(=O)(=O)c1ccc(-c2ccco2)c(-c2ncc[nH]2)c1. The molecule has 0 aliphatic heterocycles. The van der Waals surface area contributed by atoms with Crippen LogP contribution in [0.2, 0.25) is 0 Å². The van der Waals surface area contributed by atoms with Crippen molar-refractivity contribution in [2.75, 3.05) is 6.26 Å². The topological polar surface area (TPSA) is 76.0 Å². The van der Waals surface area contributed by atoms with E-state index < -0.39 is 9.84 Å². The van der Waals surface area contributed by atoms with Crippen molar-refractivity contribution >= 4 is 9.84 Å². The average Bonchev–Trinajstić information content (AvgIpc) is 3.10. The second-order valence-corrected chi connectivity index (χ2v) is 6.41. The van der Waals surface area contributed by atoms with E-state index in [1.807, 2.05) is 6.07 Å². The lowest BCUT2D eigenvalue weighted by atomic mass is 10.0. The Kier molecular flexibility index (Phi) is 2.94. The first kappa shape index (κ1) is 12.7. The molecule has 0 radical (unpaired) electrons. The number of nitrogens with zero attached hydrogens (tertiary/aromatic N) is 1. The molecule has 0 aliphatic carbocycles. The summed E-state index contributed by atoms with van der Waals surface area (Å²) in [7, 11) is -3.27. The van der Waals surface area contributed by atoms with E-state index in [1.165, 1.54) is 6.26 Å². The van der Waals surface area contributed by atoms with Gasteiger partial charge < -0.3 is 9.40 Å².